The van der Waals surface area contributed by atoms with Gasteiger partial charge in [0, 0.05) is 18.8 Å². The first-order valence-electron chi connectivity index (χ1n) is 7.11. The normalized spacial score (nSPS) is 13.5. The largest absolute Gasteiger partial charge is 0.370 e. The van der Waals surface area contributed by atoms with Gasteiger partial charge in [-0.25, -0.2) is 4.39 Å². The van der Waals surface area contributed by atoms with E-state index in [2.05, 4.69) is 4.90 Å². The van der Waals surface area contributed by atoms with E-state index in [0.717, 1.165) is 24.1 Å². The molecule has 2 nitrogen and oxygen atoms in total. The topological polar surface area (TPSA) is 20.3 Å². The minimum absolute atomic E-state index is 0.254. The zero-order chi connectivity index (χ0) is 15.3. The molecule has 0 spiro atoms. The molecule has 0 saturated heterocycles. The van der Waals surface area contributed by atoms with Crippen molar-refractivity contribution in [1.82, 2.24) is 0 Å². The Morgan fingerprint density at radius 2 is 1.71 bits per heavy atom. The Kier molecular flexibility index (Phi) is 4.73. The Bertz CT molecular complexity index is 582. The highest BCUT2D eigenvalue weighted by Gasteiger charge is 2.28. The molecule has 21 heavy (non-hydrogen) atoms. The van der Waals surface area contributed by atoms with Crippen molar-refractivity contribution in [1.29, 1.82) is 0 Å². The fourth-order valence-electron chi connectivity index (χ4n) is 2.45. The Morgan fingerprint density at radius 1 is 1.10 bits per heavy atom. The second kappa shape index (κ2) is 6.53. The van der Waals surface area contributed by atoms with Gasteiger partial charge in [-0.05, 0) is 43.7 Å². The summed E-state index contributed by atoms with van der Waals surface area (Å²) in [6.45, 7) is 5.27. The van der Waals surface area contributed by atoms with Crippen LogP contribution in [0.25, 0.3) is 0 Å². The van der Waals surface area contributed by atoms with E-state index in [-0.39, 0.29) is 5.82 Å². The Labute approximate surface area is 125 Å². The number of hydrogen-bond donors (Lipinski definition) is 0. The summed E-state index contributed by atoms with van der Waals surface area (Å²) in [6, 6.07) is 16.1. The lowest BCUT2D eigenvalue weighted by atomic mass is 9.83. The average molecular weight is 285 g/mol. The summed E-state index contributed by atoms with van der Waals surface area (Å²) in [5.41, 5.74) is 1.31. The molecule has 0 N–H and O–H groups in total. The number of halogens is 1. The Hall–Kier alpha value is -2.16. The zero-order valence-electron chi connectivity index (χ0n) is 12.4. The maximum atomic E-state index is 13.0. The van der Waals surface area contributed by atoms with E-state index in [0.29, 0.717) is 6.54 Å². The van der Waals surface area contributed by atoms with Gasteiger partial charge in [0.25, 0.3) is 0 Å². The molecule has 110 valence electrons. The number of carbonyl (C=O) groups excluding carboxylic acids is 1. The summed E-state index contributed by atoms with van der Waals surface area (Å²) in [6.07, 6.45) is 0.995. The summed E-state index contributed by atoms with van der Waals surface area (Å²) >= 11 is 0. The zero-order valence-corrected chi connectivity index (χ0v) is 12.4. The molecule has 2 aromatic rings. The van der Waals surface area contributed by atoms with Gasteiger partial charge in [-0.2, -0.15) is 0 Å². The van der Waals surface area contributed by atoms with Crippen LogP contribution in [0.15, 0.2) is 54.6 Å². The first-order chi connectivity index (χ1) is 10.1. The summed E-state index contributed by atoms with van der Waals surface area (Å²) < 4.78 is 13.0. The van der Waals surface area contributed by atoms with Crippen LogP contribution in [0.3, 0.4) is 0 Å². The van der Waals surface area contributed by atoms with Crippen molar-refractivity contribution in [3.63, 3.8) is 0 Å². The molecule has 3 heteroatoms. The van der Waals surface area contributed by atoms with Crippen molar-refractivity contribution in [2.75, 3.05) is 18.0 Å². The highest BCUT2D eigenvalue weighted by Crippen LogP contribution is 2.25. The van der Waals surface area contributed by atoms with E-state index in [1.807, 2.05) is 44.2 Å². The number of anilines is 1. The minimum Gasteiger partial charge on any atom is -0.370 e. The van der Waals surface area contributed by atoms with Crippen molar-refractivity contribution in [2.45, 2.75) is 19.3 Å². The number of hydrogen-bond acceptors (Lipinski definition) is 2. The molecule has 0 amide bonds. The molecule has 2 aromatic carbocycles. The van der Waals surface area contributed by atoms with E-state index in [9.17, 15) is 9.18 Å². The lowest BCUT2D eigenvalue weighted by molar-refractivity contribution is -0.111. The SMILES string of the molecule is CCN(CC(C)(C=O)c1ccccc1)c1ccc(F)cc1. The number of carbonyl (C=O) groups is 1. The summed E-state index contributed by atoms with van der Waals surface area (Å²) in [4.78, 5) is 13.8. The van der Waals surface area contributed by atoms with Crippen LogP contribution in [-0.4, -0.2) is 19.4 Å². The van der Waals surface area contributed by atoms with E-state index < -0.39 is 5.41 Å². The van der Waals surface area contributed by atoms with Gasteiger partial charge >= 0.3 is 0 Å². The molecular formula is C18H20FNO. The summed E-state index contributed by atoms with van der Waals surface area (Å²) in [7, 11) is 0. The van der Waals surface area contributed by atoms with Crippen LogP contribution in [-0.2, 0) is 10.2 Å². The molecule has 0 aliphatic rings. The lowest BCUT2D eigenvalue weighted by Gasteiger charge is -2.33. The van der Waals surface area contributed by atoms with E-state index >= 15 is 0 Å². The van der Waals surface area contributed by atoms with Gasteiger partial charge in [0.05, 0.1) is 5.41 Å². The highest BCUT2D eigenvalue weighted by atomic mass is 19.1. The second-order valence-corrected chi connectivity index (χ2v) is 5.39. The molecule has 0 saturated carbocycles. The highest BCUT2D eigenvalue weighted by molar-refractivity contribution is 5.69. The number of likely N-dealkylation sites (N-methyl/N-ethyl adjacent to an activating group) is 1. The second-order valence-electron chi connectivity index (χ2n) is 5.39. The van der Waals surface area contributed by atoms with Crippen LogP contribution in [0, 0.1) is 5.82 Å². The average Bonchev–Trinajstić information content (AvgIpc) is 2.54. The van der Waals surface area contributed by atoms with E-state index in [4.69, 9.17) is 0 Å². The third kappa shape index (κ3) is 3.48. The van der Waals surface area contributed by atoms with E-state index in [1.165, 1.54) is 12.1 Å². The number of benzene rings is 2. The molecule has 0 heterocycles. The van der Waals surface area contributed by atoms with Gasteiger partial charge in [-0.15, -0.1) is 0 Å². The van der Waals surface area contributed by atoms with Crippen LogP contribution in [0.1, 0.15) is 19.4 Å². The van der Waals surface area contributed by atoms with Crippen LogP contribution in [0.5, 0.6) is 0 Å². The van der Waals surface area contributed by atoms with Gasteiger partial charge in [0.2, 0.25) is 0 Å². The maximum Gasteiger partial charge on any atom is 0.132 e. The van der Waals surface area contributed by atoms with E-state index in [1.54, 1.807) is 12.1 Å². The number of aldehydes is 1. The molecule has 0 aliphatic carbocycles. The van der Waals surface area contributed by atoms with Crippen molar-refractivity contribution in [2.24, 2.45) is 0 Å². The third-order valence-corrected chi connectivity index (χ3v) is 3.79. The van der Waals surface area contributed by atoms with Crippen molar-refractivity contribution in [3.8, 4) is 0 Å². The molecule has 0 aromatic heterocycles. The monoisotopic (exact) mass is 285 g/mol. The van der Waals surface area contributed by atoms with Gasteiger partial charge in [-0.1, -0.05) is 30.3 Å². The van der Waals surface area contributed by atoms with Crippen LogP contribution in [0.2, 0.25) is 0 Å². The first kappa shape index (κ1) is 15.2. The molecule has 0 fully saturated rings. The minimum atomic E-state index is -0.592. The number of rotatable bonds is 6. The van der Waals surface area contributed by atoms with Crippen molar-refractivity contribution >= 4 is 12.0 Å². The molecule has 0 bridgehead atoms. The summed E-state index contributed by atoms with van der Waals surface area (Å²) in [5.74, 6) is -0.254. The molecule has 1 atom stereocenters. The predicted octanol–water partition coefficient (Wildman–Crippen LogP) is 3.81. The summed E-state index contributed by atoms with van der Waals surface area (Å²) in [5, 5.41) is 0. The lowest BCUT2D eigenvalue weighted by Crippen LogP contribution is -2.40. The standard InChI is InChI=1S/C18H20FNO/c1-3-20(17-11-9-16(19)10-12-17)13-18(2,14-21)15-7-5-4-6-8-15/h4-12,14H,3,13H2,1-2H3. The fraction of sp³-hybridized carbons (Fsp3) is 0.278. The molecule has 2 rings (SSSR count). The van der Waals surface area contributed by atoms with Gasteiger partial charge < -0.3 is 9.69 Å². The van der Waals surface area contributed by atoms with Crippen LogP contribution in [0.4, 0.5) is 10.1 Å². The first-order valence-corrected chi connectivity index (χ1v) is 7.11. The van der Waals surface area contributed by atoms with Crippen LogP contribution < -0.4 is 4.90 Å². The van der Waals surface area contributed by atoms with Crippen molar-refractivity contribution in [3.05, 3.63) is 66.0 Å². The maximum absolute atomic E-state index is 13.0. The Balaban J connectivity index is 2.27. The van der Waals surface area contributed by atoms with Gasteiger partial charge in [0.15, 0.2) is 0 Å². The number of nitrogens with zero attached hydrogens (tertiary/aromatic N) is 1. The smallest absolute Gasteiger partial charge is 0.132 e. The fourth-order valence-corrected chi connectivity index (χ4v) is 2.45. The van der Waals surface area contributed by atoms with Crippen LogP contribution >= 0.6 is 0 Å². The van der Waals surface area contributed by atoms with Crippen molar-refractivity contribution < 1.29 is 9.18 Å². The van der Waals surface area contributed by atoms with Gasteiger partial charge in [0.1, 0.15) is 12.1 Å². The molecule has 1 unspecified atom stereocenters. The van der Waals surface area contributed by atoms with Gasteiger partial charge in [-0.3, -0.25) is 0 Å². The molecular weight excluding hydrogens is 265 g/mol. The third-order valence-electron chi connectivity index (χ3n) is 3.79. The Morgan fingerprint density at radius 3 is 2.24 bits per heavy atom. The molecule has 0 radical (unpaired) electrons. The molecule has 0 aliphatic heterocycles. The quantitative estimate of drug-likeness (QED) is 0.752. The predicted molar refractivity (Wildman–Crippen MR) is 84.1 cm³/mol.